The van der Waals surface area contributed by atoms with Crippen molar-refractivity contribution in [3.05, 3.63) is 127 Å². The molecule has 0 bridgehead atoms. The zero-order valence-electron chi connectivity index (χ0n) is 17.1. The number of thiazole rings is 1. The van der Waals surface area contributed by atoms with Gasteiger partial charge in [-0.25, -0.2) is 4.39 Å². The minimum absolute atomic E-state index is 0.124. The van der Waals surface area contributed by atoms with E-state index < -0.39 is 5.56 Å². The molecule has 0 aliphatic rings. The van der Waals surface area contributed by atoms with Gasteiger partial charge in [-0.15, -0.1) is 0 Å². The summed E-state index contributed by atoms with van der Waals surface area (Å²) in [6.07, 6.45) is 1.87. The maximum absolute atomic E-state index is 13.1. The van der Waals surface area contributed by atoms with Crippen LogP contribution in [0.15, 0.2) is 88.5 Å². The summed E-state index contributed by atoms with van der Waals surface area (Å²) < 4.78 is 20.5. The predicted octanol–water partition coefficient (Wildman–Crippen LogP) is 3.58. The van der Waals surface area contributed by atoms with E-state index in [0.29, 0.717) is 21.6 Å². The van der Waals surface area contributed by atoms with Gasteiger partial charge >= 0.3 is 0 Å². The Morgan fingerprint density at radius 1 is 0.939 bits per heavy atom. The highest BCUT2D eigenvalue weighted by Gasteiger charge is 2.12. The monoisotopic (exact) mass is 457 g/mol. The normalized spacial score (nSPS) is 11.7. The van der Waals surface area contributed by atoms with Crippen LogP contribution in [0.2, 0.25) is 0 Å². The van der Waals surface area contributed by atoms with Crippen LogP contribution >= 0.6 is 11.3 Å². The van der Waals surface area contributed by atoms with E-state index in [-0.39, 0.29) is 28.5 Å². The molecule has 2 aromatic heterocycles. The molecule has 0 spiro atoms. The minimum atomic E-state index is -0.509. The minimum Gasteiger partial charge on any atom is -0.457 e. The summed E-state index contributed by atoms with van der Waals surface area (Å²) in [5, 5.41) is 4.23. The van der Waals surface area contributed by atoms with E-state index >= 15 is 0 Å². The molecule has 8 heteroatoms. The number of nitrogens with zero attached hydrogens (tertiary/aromatic N) is 3. The van der Waals surface area contributed by atoms with Gasteiger partial charge in [0.25, 0.3) is 11.1 Å². The highest BCUT2D eigenvalue weighted by atomic mass is 32.1. The fraction of sp³-hybridized carbons (Fsp3) is 0.0400. The maximum Gasteiger partial charge on any atom is 0.296 e. The first-order chi connectivity index (χ1) is 16.0. The first-order valence-corrected chi connectivity index (χ1v) is 10.9. The first-order valence-electron chi connectivity index (χ1n) is 10.1. The lowest BCUT2D eigenvalue weighted by molar-refractivity contribution is 0.482. The topological polar surface area (TPSA) is 73.6 Å². The molecule has 0 amide bonds. The molecule has 2 heterocycles. The van der Waals surface area contributed by atoms with Crippen molar-refractivity contribution in [3.63, 3.8) is 0 Å². The molecule has 0 aliphatic carbocycles. The molecular formula is C25H16FN3O3S. The molecule has 162 valence electrons. The van der Waals surface area contributed by atoms with Crippen LogP contribution in [0.3, 0.4) is 0 Å². The van der Waals surface area contributed by atoms with Crippen molar-refractivity contribution in [2.75, 3.05) is 0 Å². The van der Waals surface area contributed by atoms with Crippen molar-refractivity contribution in [2.45, 2.75) is 6.42 Å². The summed E-state index contributed by atoms with van der Waals surface area (Å²) >= 11 is 1.09. The third-order valence-corrected chi connectivity index (χ3v) is 5.83. The molecule has 0 fully saturated rings. The van der Waals surface area contributed by atoms with E-state index in [1.807, 2.05) is 54.6 Å². The summed E-state index contributed by atoms with van der Waals surface area (Å²) in [6.45, 7) is 0. The molecule has 6 nitrogen and oxygen atoms in total. The molecule has 0 radical (unpaired) electrons. The molecule has 5 aromatic rings. The quantitative estimate of drug-likeness (QED) is 0.403. The van der Waals surface area contributed by atoms with Gasteiger partial charge in [-0.1, -0.05) is 53.8 Å². The number of hydrogen-bond acceptors (Lipinski definition) is 6. The Kier molecular flexibility index (Phi) is 5.50. The number of para-hydroxylation sites is 1. The Hall–Kier alpha value is -4.17. The Morgan fingerprint density at radius 2 is 1.70 bits per heavy atom. The highest BCUT2D eigenvalue weighted by Crippen LogP contribution is 2.22. The second-order valence-corrected chi connectivity index (χ2v) is 8.27. The van der Waals surface area contributed by atoms with Crippen LogP contribution in [-0.4, -0.2) is 14.6 Å². The standard InChI is InChI=1S/C25H16FN3O3S/c26-18-11-9-16(10-12-18)14-21-23(30)27-25-29(28-21)24(31)22(33-25)15-17-5-4-8-20(13-17)32-19-6-2-1-3-7-19/h1-13,15H,14H2/b22-15-. The zero-order valence-corrected chi connectivity index (χ0v) is 18.0. The number of fused-ring (bicyclic) bond motifs is 1. The predicted molar refractivity (Wildman–Crippen MR) is 124 cm³/mol. The van der Waals surface area contributed by atoms with Gasteiger partial charge in [-0.2, -0.15) is 14.6 Å². The number of aromatic nitrogens is 3. The summed E-state index contributed by atoms with van der Waals surface area (Å²) in [6, 6.07) is 22.5. The smallest absolute Gasteiger partial charge is 0.296 e. The number of hydrogen-bond donors (Lipinski definition) is 0. The van der Waals surface area contributed by atoms with Gasteiger partial charge in [-0.3, -0.25) is 9.59 Å². The van der Waals surface area contributed by atoms with Crippen LogP contribution in [0.25, 0.3) is 11.0 Å². The number of rotatable bonds is 5. The van der Waals surface area contributed by atoms with Gasteiger partial charge in [0.15, 0.2) is 0 Å². The summed E-state index contributed by atoms with van der Waals surface area (Å²) in [7, 11) is 0. The fourth-order valence-corrected chi connectivity index (χ4v) is 4.20. The fourth-order valence-electron chi connectivity index (χ4n) is 3.29. The van der Waals surface area contributed by atoms with E-state index in [0.717, 1.165) is 21.4 Å². The van der Waals surface area contributed by atoms with Gasteiger partial charge in [0.1, 0.15) is 23.0 Å². The third-order valence-electron chi connectivity index (χ3n) is 4.87. The second-order valence-electron chi connectivity index (χ2n) is 7.26. The first kappa shape index (κ1) is 20.7. The molecule has 33 heavy (non-hydrogen) atoms. The van der Waals surface area contributed by atoms with Crippen molar-refractivity contribution < 1.29 is 9.13 Å². The van der Waals surface area contributed by atoms with E-state index in [2.05, 4.69) is 10.1 Å². The molecule has 0 aliphatic heterocycles. The molecule has 0 saturated heterocycles. The van der Waals surface area contributed by atoms with Crippen molar-refractivity contribution in [3.8, 4) is 11.5 Å². The van der Waals surface area contributed by atoms with Gasteiger partial charge in [-0.05, 0) is 53.6 Å². The SMILES string of the molecule is O=c1nc2s/c(=C\c3cccc(Oc4ccccc4)c3)c(=O)n2nc1Cc1ccc(F)cc1. The maximum atomic E-state index is 13.1. The Balaban J connectivity index is 1.49. The lowest BCUT2D eigenvalue weighted by Crippen LogP contribution is -2.28. The highest BCUT2D eigenvalue weighted by molar-refractivity contribution is 7.15. The van der Waals surface area contributed by atoms with E-state index in [9.17, 15) is 14.0 Å². The van der Waals surface area contributed by atoms with E-state index in [1.165, 1.54) is 12.1 Å². The second kappa shape index (κ2) is 8.76. The number of halogens is 1. The average molecular weight is 457 g/mol. The summed E-state index contributed by atoms with van der Waals surface area (Å²) in [5.74, 6) is 0.979. The van der Waals surface area contributed by atoms with Crippen LogP contribution in [-0.2, 0) is 6.42 Å². The van der Waals surface area contributed by atoms with E-state index in [1.54, 1.807) is 18.2 Å². The Bertz CT molecular complexity index is 1610. The van der Waals surface area contributed by atoms with Crippen molar-refractivity contribution in [2.24, 2.45) is 0 Å². The lowest BCUT2D eigenvalue weighted by Gasteiger charge is -2.05. The number of benzene rings is 3. The molecule has 0 atom stereocenters. The van der Waals surface area contributed by atoms with Crippen molar-refractivity contribution >= 4 is 22.4 Å². The molecule has 3 aromatic carbocycles. The summed E-state index contributed by atoms with van der Waals surface area (Å²) in [4.78, 5) is 29.6. The molecule has 0 unspecified atom stereocenters. The van der Waals surface area contributed by atoms with Gasteiger partial charge in [0.05, 0.1) is 4.53 Å². The van der Waals surface area contributed by atoms with Gasteiger partial charge in [0, 0.05) is 6.42 Å². The molecular weight excluding hydrogens is 441 g/mol. The summed E-state index contributed by atoms with van der Waals surface area (Å²) in [5.41, 5.74) is 0.718. The van der Waals surface area contributed by atoms with Crippen LogP contribution in [0, 0.1) is 5.82 Å². The average Bonchev–Trinajstić information content (AvgIpc) is 3.10. The van der Waals surface area contributed by atoms with Gasteiger partial charge < -0.3 is 4.74 Å². The molecule has 0 saturated carbocycles. The van der Waals surface area contributed by atoms with Crippen LogP contribution in [0.1, 0.15) is 16.8 Å². The van der Waals surface area contributed by atoms with Crippen molar-refractivity contribution in [1.29, 1.82) is 0 Å². The third kappa shape index (κ3) is 4.56. The number of ether oxygens (including phenoxy) is 1. The molecule has 5 rings (SSSR count). The zero-order chi connectivity index (χ0) is 22.8. The van der Waals surface area contributed by atoms with E-state index in [4.69, 9.17) is 4.74 Å². The lowest BCUT2D eigenvalue weighted by atomic mass is 10.1. The van der Waals surface area contributed by atoms with Gasteiger partial charge in [0.2, 0.25) is 4.96 Å². The van der Waals surface area contributed by atoms with Crippen LogP contribution < -0.4 is 20.4 Å². The van der Waals surface area contributed by atoms with Crippen molar-refractivity contribution in [1.82, 2.24) is 14.6 Å². The Morgan fingerprint density at radius 3 is 2.48 bits per heavy atom. The van der Waals surface area contributed by atoms with Crippen LogP contribution in [0.5, 0.6) is 11.5 Å². The largest absolute Gasteiger partial charge is 0.457 e. The molecule has 0 N–H and O–H groups in total. The van der Waals surface area contributed by atoms with Crippen LogP contribution in [0.4, 0.5) is 4.39 Å². The Labute approximate surface area is 190 Å².